The third kappa shape index (κ3) is 5.15. The number of imide groups is 1. The number of piperidine rings is 1. The van der Waals surface area contributed by atoms with Crippen molar-refractivity contribution in [2.24, 2.45) is 5.92 Å². The zero-order chi connectivity index (χ0) is 24.5. The normalized spacial score (nSPS) is 18.4. The molecule has 3 heterocycles. The Morgan fingerprint density at radius 2 is 2.00 bits per heavy atom. The second-order valence-corrected chi connectivity index (χ2v) is 13.0. The quantitative estimate of drug-likeness (QED) is 0.568. The number of anilines is 1. The maximum Gasteiger partial charge on any atom is 0.414 e. The fourth-order valence-electron chi connectivity index (χ4n) is 4.21. The van der Waals surface area contributed by atoms with Crippen molar-refractivity contribution in [1.29, 1.82) is 0 Å². The number of aryl methyl sites for hydroxylation is 1. The fraction of sp³-hybridized carbons (Fsp3) is 0.476. The summed E-state index contributed by atoms with van der Waals surface area (Å²) in [7, 11) is -3.74. The zero-order valence-corrected chi connectivity index (χ0v) is 21.6. The van der Waals surface area contributed by atoms with E-state index in [2.05, 4.69) is 10.6 Å². The summed E-state index contributed by atoms with van der Waals surface area (Å²) in [4.78, 5) is 38.7. The molecule has 1 fully saturated rings. The minimum Gasteiger partial charge on any atom is -0.450 e. The minimum atomic E-state index is -3.74. The number of hydrogen-bond donors (Lipinski definition) is 2. The first-order valence-corrected chi connectivity index (χ1v) is 14.3. The summed E-state index contributed by atoms with van der Waals surface area (Å²) in [5.41, 5.74) is 1.12. The number of ether oxygens (including phenoxy) is 1. The first-order chi connectivity index (χ1) is 16.2. The molecule has 0 spiro atoms. The van der Waals surface area contributed by atoms with E-state index in [1.165, 1.54) is 27.8 Å². The van der Waals surface area contributed by atoms with Gasteiger partial charge < -0.3 is 10.1 Å². The number of thiophene rings is 2. The van der Waals surface area contributed by atoms with Crippen LogP contribution in [0.5, 0.6) is 0 Å². The van der Waals surface area contributed by atoms with Gasteiger partial charge in [0.15, 0.2) is 0 Å². The Morgan fingerprint density at radius 3 is 2.71 bits per heavy atom. The highest BCUT2D eigenvalue weighted by Gasteiger charge is 2.35. The molecule has 2 N–H and O–H groups in total. The monoisotopic (exact) mass is 545 g/mol. The number of nitrogens with zero attached hydrogens (tertiary/aromatic N) is 1. The number of nitrogens with one attached hydrogen (secondary N) is 2. The molecule has 9 nitrogen and oxygen atoms in total. The summed E-state index contributed by atoms with van der Waals surface area (Å²) in [6.07, 6.45) is 2.61. The van der Waals surface area contributed by atoms with Crippen LogP contribution < -0.4 is 10.6 Å². The number of carbonyl (C=O) groups is 3. The van der Waals surface area contributed by atoms with Crippen molar-refractivity contribution in [3.05, 3.63) is 32.5 Å². The van der Waals surface area contributed by atoms with E-state index < -0.39 is 27.9 Å². The van der Waals surface area contributed by atoms with Gasteiger partial charge in [0, 0.05) is 18.0 Å². The molecule has 2 aliphatic rings. The van der Waals surface area contributed by atoms with Crippen LogP contribution in [0.2, 0.25) is 4.34 Å². The summed E-state index contributed by atoms with van der Waals surface area (Å²) < 4.78 is 32.6. The van der Waals surface area contributed by atoms with E-state index in [-0.39, 0.29) is 28.8 Å². The Bertz CT molecular complexity index is 1220. The summed E-state index contributed by atoms with van der Waals surface area (Å²) in [6, 6.07) is 3.00. The van der Waals surface area contributed by atoms with E-state index in [0.29, 0.717) is 35.1 Å². The van der Waals surface area contributed by atoms with Crippen molar-refractivity contribution in [1.82, 2.24) is 9.62 Å². The molecule has 1 atom stereocenters. The molecule has 1 aliphatic heterocycles. The van der Waals surface area contributed by atoms with E-state index in [0.717, 1.165) is 34.6 Å². The van der Waals surface area contributed by atoms with Crippen molar-refractivity contribution in [2.75, 3.05) is 25.0 Å². The number of sulfonamides is 1. The lowest BCUT2D eigenvalue weighted by atomic mass is 9.99. The van der Waals surface area contributed by atoms with Gasteiger partial charge in [0.1, 0.15) is 9.21 Å². The lowest BCUT2D eigenvalue weighted by Crippen LogP contribution is -2.43. The number of halogens is 1. The van der Waals surface area contributed by atoms with E-state index in [1.807, 2.05) is 0 Å². The Kier molecular flexibility index (Phi) is 7.63. The molecule has 2 aromatic heterocycles. The average molecular weight is 546 g/mol. The molecular formula is C21H24ClN3O6S3. The first-order valence-electron chi connectivity index (χ1n) is 10.9. The topological polar surface area (TPSA) is 122 Å². The largest absolute Gasteiger partial charge is 0.450 e. The average Bonchev–Trinajstić information content (AvgIpc) is 3.50. The first kappa shape index (κ1) is 25.1. The van der Waals surface area contributed by atoms with Crippen LogP contribution in [0.3, 0.4) is 0 Å². The van der Waals surface area contributed by atoms with Gasteiger partial charge in [0.25, 0.3) is 15.9 Å². The van der Waals surface area contributed by atoms with Gasteiger partial charge in [-0.2, -0.15) is 4.31 Å². The maximum atomic E-state index is 13.1. The highest BCUT2D eigenvalue weighted by molar-refractivity contribution is 7.91. The molecule has 0 radical (unpaired) electrons. The lowest BCUT2D eigenvalue weighted by molar-refractivity contribution is -0.120. The molecule has 13 heteroatoms. The van der Waals surface area contributed by atoms with Crippen LogP contribution in [-0.4, -0.2) is 50.3 Å². The van der Waals surface area contributed by atoms with Gasteiger partial charge in [-0.05, 0) is 56.7 Å². The highest BCUT2D eigenvalue weighted by atomic mass is 35.5. The number of carbonyl (C=O) groups excluding carboxylic acids is 3. The summed E-state index contributed by atoms with van der Waals surface area (Å²) in [6.45, 7) is 2.13. The fourth-order valence-corrected chi connectivity index (χ4v) is 8.66. The third-order valence-corrected chi connectivity index (χ3v) is 10.5. The van der Waals surface area contributed by atoms with Gasteiger partial charge in [-0.15, -0.1) is 22.7 Å². The second kappa shape index (κ2) is 10.3. The van der Waals surface area contributed by atoms with Gasteiger partial charge in [-0.25, -0.2) is 13.2 Å². The molecule has 34 heavy (non-hydrogen) atoms. The molecule has 0 saturated carbocycles. The smallest absolute Gasteiger partial charge is 0.414 e. The Morgan fingerprint density at radius 1 is 1.21 bits per heavy atom. The van der Waals surface area contributed by atoms with Crippen molar-refractivity contribution >= 4 is 67.2 Å². The van der Waals surface area contributed by atoms with E-state index in [9.17, 15) is 22.8 Å². The summed E-state index contributed by atoms with van der Waals surface area (Å²) in [5.74, 6) is -1.54. The number of amides is 3. The van der Waals surface area contributed by atoms with Crippen LogP contribution in [0.4, 0.5) is 9.80 Å². The van der Waals surface area contributed by atoms with Crippen molar-refractivity contribution in [2.45, 2.75) is 43.2 Å². The summed E-state index contributed by atoms with van der Waals surface area (Å²) >= 11 is 8.21. The predicted molar refractivity (Wildman–Crippen MR) is 130 cm³/mol. The molecule has 0 bridgehead atoms. The summed E-state index contributed by atoms with van der Waals surface area (Å²) in [5, 5.41) is 5.43. The number of rotatable bonds is 6. The SMILES string of the molecule is CCOC(=O)NC(=O)c1c(NC(=O)C2CCCN(S(=O)(=O)c3ccc(Cl)s3)C2)sc2c1CCC2. The van der Waals surface area contributed by atoms with Gasteiger partial charge in [-0.1, -0.05) is 11.6 Å². The van der Waals surface area contributed by atoms with Gasteiger partial charge in [-0.3, -0.25) is 14.9 Å². The van der Waals surface area contributed by atoms with Crippen LogP contribution in [0, 0.1) is 5.92 Å². The van der Waals surface area contributed by atoms with Crippen LogP contribution in [0.25, 0.3) is 0 Å². The van der Waals surface area contributed by atoms with Gasteiger partial charge >= 0.3 is 6.09 Å². The van der Waals surface area contributed by atoms with Gasteiger partial charge in [0.05, 0.1) is 22.4 Å². The second-order valence-electron chi connectivity index (χ2n) is 7.99. The number of alkyl carbamates (subject to hydrolysis) is 1. The van der Waals surface area contributed by atoms with Gasteiger partial charge in [0.2, 0.25) is 5.91 Å². The number of hydrogen-bond acceptors (Lipinski definition) is 8. The molecular weight excluding hydrogens is 522 g/mol. The molecule has 0 aromatic carbocycles. The third-order valence-electron chi connectivity index (χ3n) is 5.77. The molecule has 1 aliphatic carbocycles. The highest BCUT2D eigenvalue weighted by Crippen LogP contribution is 2.39. The minimum absolute atomic E-state index is 0.0408. The molecule has 184 valence electrons. The van der Waals surface area contributed by atoms with Crippen LogP contribution >= 0.6 is 34.3 Å². The molecule has 1 unspecified atom stereocenters. The molecule has 2 aromatic rings. The standard InChI is InChI=1S/C21H24ClN3O6S3/c1-2-31-21(28)24-19(27)17-13-6-3-7-14(13)32-20(17)23-18(26)12-5-4-10-25(11-12)34(29,30)16-9-8-15(22)33-16/h8-9,12H,2-7,10-11H2,1H3,(H,23,26)(H,24,27,28). The predicted octanol–water partition coefficient (Wildman–Crippen LogP) is 3.88. The number of fused-ring (bicyclic) bond motifs is 1. The van der Waals surface area contributed by atoms with Crippen LogP contribution in [-0.2, 0) is 32.4 Å². The lowest BCUT2D eigenvalue weighted by Gasteiger charge is -2.30. The van der Waals surface area contributed by atoms with E-state index in [1.54, 1.807) is 6.92 Å². The van der Waals surface area contributed by atoms with Crippen LogP contribution in [0.1, 0.15) is 47.0 Å². The van der Waals surface area contributed by atoms with Crippen molar-refractivity contribution in [3.8, 4) is 0 Å². The Balaban J connectivity index is 1.50. The van der Waals surface area contributed by atoms with E-state index in [4.69, 9.17) is 16.3 Å². The molecule has 3 amide bonds. The maximum absolute atomic E-state index is 13.1. The zero-order valence-electron chi connectivity index (χ0n) is 18.4. The Labute approximate surface area is 210 Å². The Hall–Kier alpha value is -1.99. The molecule has 4 rings (SSSR count). The van der Waals surface area contributed by atoms with Crippen LogP contribution in [0.15, 0.2) is 16.3 Å². The van der Waals surface area contributed by atoms with E-state index >= 15 is 0 Å². The van der Waals surface area contributed by atoms with Crippen molar-refractivity contribution in [3.63, 3.8) is 0 Å². The molecule has 1 saturated heterocycles. The van der Waals surface area contributed by atoms with Crippen molar-refractivity contribution < 1.29 is 27.5 Å².